The number of aryl methyl sites for hydroxylation is 1. The summed E-state index contributed by atoms with van der Waals surface area (Å²) in [5.74, 6) is 4.26. The van der Waals surface area contributed by atoms with Crippen LogP contribution < -0.4 is 0 Å². The molecule has 1 aliphatic rings. The Morgan fingerprint density at radius 1 is 0.800 bits per heavy atom. The van der Waals surface area contributed by atoms with E-state index in [1.54, 1.807) is 0 Å². The Morgan fingerprint density at radius 3 is 2.20 bits per heavy atom. The second-order valence-corrected chi connectivity index (χ2v) is 8.23. The van der Waals surface area contributed by atoms with Crippen LogP contribution in [0.25, 0.3) is 11.1 Å². The fourth-order valence-electron chi connectivity index (χ4n) is 4.03. The van der Waals surface area contributed by atoms with Crippen molar-refractivity contribution in [1.29, 1.82) is 0 Å². The predicted octanol–water partition coefficient (Wildman–Crippen LogP) is 7.71. The minimum Gasteiger partial charge on any atom is -0.205 e. The van der Waals surface area contributed by atoms with Gasteiger partial charge in [-0.25, -0.2) is 8.78 Å². The van der Waals surface area contributed by atoms with Gasteiger partial charge < -0.3 is 0 Å². The van der Waals surface area contributed by atoms with Gasteiger partial charge in [0.1, 0.15) is 16.7 Å². The van der Waals surface area contributed by atoms with Crippen molar-refractivity contribution < 1.29 is 8.78 Å². The zero-order chi connectivity index (χ0) is 21.1. The maximum Gasteiger partial charge on any atom is 0.146 e. The van der Waals surface area contributed by atoms with Crippen LogP contribution in [0.4, 0.5) is 8.78 Å². The Balaban J connectivity index is 1.52. The standard InChI is InChI=1S/C27H23ClF2/c1-2-3-4-5-6-18-9-11-23-21(13-18)17-22-14-19(10-12-24(22)23)7-8-20-15-25(29)27(28)26(30)16-20/h9-16H,2-6,17H2,1H3. The van der Waals surface area contributed by atoms with E-state index in [9.17, 15) is 8.78 Å². The molecule has 0 fully saturated rings. The molecular formula is C27H23ClF2. The van der Waals surface area contributed by atoms with Crippen LogP contribution in [-0.4, -0.2) is 0 Å². The van der Waals surface area contributed by atoms with E-state index < -0.39 is 16.7 Å². The fraction of sp³-hybridized carbons (Fsp3) is 0.259. The predicted molar refractivity (Wildman–Crippen MR) is 120 cm³/mol. The summed E-state index contributed by atoms with van der Waals surface area (Å²) < 4.78 is 27.2. The normalized spacial score (nSPS) is 11.6. The van der Waals surface area contributed by atoms with Crippen LogP contribution >= 0.6 is 11.6 Å². The molecule has 0 spiro atoms. The van der Waals surface area contributed by atoms with E-state index in [4.69, 9.17) is 11.6 Å². The van der Waals surface area contributed by atoms with Gasteiger partial charge in [0.15, 0.2) is 0 Å². The first-order chi connectivity index (χ1) is 14.5. The highest BCUT2D eigenvalue weighted by molar-refractivity contribution is 6.30. The van der Waals surface area contributed by atoms with Crippen molar-refractivity contribution in [3.63, 3.8) is 0 Å². The third kappa shape index (κ3) is 4.42. The first-order valence-electron chi connectivity index (χ1n) is 10.5. The quantitative estimate of drug-likeness (QED) is 0.176. The SMILES string of the molecule is CCCCCCc1ccc2c(c1)Cc1cc(C#Cc3cc(F)c(Cl)c(F)c3)ccc1-2. The lowest BCUT2D eigenvalue weighted by Gasteiger charge is -2.05. The zero-order valence-electron chi connectivity index (χ0n) is 17.0. The topological polar surface area (TPSA) is 0 Å². The fourth-order valence-corrected chi connectivity index (χ4v) is 4.13. The number of fused-ring (bicyclic) bond motifs is 3. The van der Waals surface area contributed by atoms with Crippen LogP contribution in [0.3, 0.4) is 0 Å². The molecule has 0 nitrogen and oxygen atoms in total. The lowest BCUT2D eigenvalue weighted by atomic mass is 10.00. The molecule has 30 heavy (non-hydrogen) atoms. The molecule has 3 aromatic rings. The number of unbranched alkanes of at least 4 members (excludes halogenated alkanes) is 3. The van der Waals surface area contributed by atoms with Gasteiger partial charge in [-0.1, -0.05) is 73.9 Å². The Hall–Kier alpha value is -2.63. The Morgan fingerprint density at radius 2 is 1.47 bits per heavy atom. The van der Waals surface area contributed by atoms with Gasteiger partial charge >= 0.3 is 0 Å². The van der Waals surface area contributed by atoms with E-state index in [0.717, 1.165) is 30.5 Å². The van der Waals surface area contributed by atoms with E-state index in [1.165, 1.54) is 53.5 Å². The molecule has 0 radical (unpaired) electrons. The largest absolute Gasteiger partial charge is 0.205 e. The molecule has 0 unspecified atom stereocenters. The van der Waals surface area contributed by atoms with E-state index in [1.807, 2.05) is 6.07 Å². The molecular weight excluding hydrogens is 398 g/mol. The molecule has 0 atom stereocenters. The van der Waals surface area contributed by atoms with Gasteiger partial charge in [-0.05, 0) is 71.3 Å². The zero-order valence-corrected chi connectivity index (χ0v) is 17.8. The first-order valence-corrected chi connectivity index (χ1v) is 10.8. The molecule has 1 aliphatic carbocycles. The summed E-state index contributed by atoms with van der Waals surface area (Å²) in [6.07, 6.45) is 7.12. The van der Waals surface area contributed by atoms with Crippen molar-refractivity contribution in [2.45, 2.75) is 45.4 Å². The van der Waals surface area contributed by atoms with Gasteiger partial charge in [-0.2, -0.15) is 0 Å². The van der Waals surface area contributed by atoms with Gasteiger partial charge in [-0.15, -0.1) is 0 Å². The summed E-state index contributed by atoms with van der Waals surface area (Å²) in [5.41, 5.74) is 7.66. The van der Waals surface area contributed by atoms with Gasteiger partial charge in [0.2, 0.25) is 0 Å². The van der Waals surface area contributed by atoms with Gasteiger partial charge in [0.05, 0.1) is 0 Å². The van der Waals surface area contributed by atoms with Crippen LogP contribution in [0, 0.1) is 23.5 Å². The number of hydrogen-bond donors (Lipinski definition) is 0. The molecule has 0 saturated heterocycles. The van der Waals surface area contributed by atoms with Crippen LogP contribution in [0.2, 0.25) is 5.02 Å². The van der Waals surface area contributed by atoms with Gasteiger partial charge in [0, 0.05) is 11.1 Å². The summed E-state index contributed by atoms with van der Waals surface area (Å²) in [7, 11) is 0. The monoisotopic (exact) mass is 420 g/mol. The maximum atomic E-state index is 13.6. The maximum absolute atomic E-state index is 13.6. The Labute approximate surface area is 181 Å². The van der Waals surface area contributed by atoms with Gasteiger partial charge in [-0.3, -0.25) is 0 Å². The number of rotatable bonds is 5. The van der Waals surface area contributed by atoms with Crippen molar-refractivity contribution in [2.75, 3.05) is 0 Å². The van der Waals surface area contributed by atoms with Crippen LogP contribution in [0.5, 0.6) is 0 Å². The highest BCUT2D eigenvalue weighted by atomic mass is 35.5. The van der Waals surface area contributed by atoms with Crippen molar-refractivity contribution in [3.8, 4) is 23.0 Å². The minimum atomic E-state index is -0.795. The molecule has 0 aromatic heterocycles. The number of hydrogen-bond acceptors (Lipinski definition) is 0. The van der Waals surface area contributed by atoms with Crippen LogP contribution in [0.15, 0.2) is 48.5 Å². The third-order valence-corrected chi connectivity index (χ3v) is 5.96. The van der Waals surface area contributed by atoms with Crippen LogP contribution in [-0.2, 0) is 12.8 Å². The van der Waals surface area contributed by atoms with Crippen molar-refractivity contribution >= 4 is 11.6 Å². The smallest absolute Gasteiger partial charge is 0.146 e. The summed E-state index contributed by atoms with van der Waals surface area (Å²) in [5, 5.41) is -0.499. The molecule has 152 valence electrons. The third-order valence-electron chi connectivity index (χ3n) is 5.60. The molecule has 0 heterocycles. The van der Waals surface area contributed by atoms with Crippen molar-refractivity contribution in [3.05, 3.63) is 93.0 Å². The second kappa shape index (κ2) is 9.02. The molecule has 0 aliphatic heterocycles. The van der Waals surface area contributed by atoms with E-state index in [0.29, 0.717) is 0 Å². The lowest BCUT2D eigenvalue weighted by molar-refractivity contribution is 0.583. The van der Waals surface area contributed by atoms with E-state index in [2.05, 4.69) is 49.1 Å². The first kappa shape index (κ1) is 20.6. The molecule has 0 bridgehead atoms. The molecule has 3 aromatic carbocycles. The minimum absolute atomic E-state index is 0.269. The summed E-state index contributed by atoms with van der Waals surface area (Å²) in [4.78, 5) is 0. The number of halogens is 3. The Bertz CT molecular complexity index is 1130. The average molecular weight is 421 g/mol. The summed E-state index contributed by atoms with van der Waals surface area (Å²) in [6.45, 7) is 2.23. The highest BCUT2D eigenvalue weighted by Crippen LogP contribution is 2.37. The lowest BCUT2D eigenvalue weighted by Crippen LogP contribution is -1.89. The van der Waals surface area contributed by atoms with Gasteiger partial charge in [0.25, 0.3) is 0 Å². The molecule has 0 saturated carbocycles. The summed E-state index contributed by atoms with van der Waals surface area (Å²) in [6, 6.07) is 15.3. The average Bonchev–Trinajstić information content (AvgIpc) is 3.10. The molecule has 3 heteroatoms. The highest BCUT2D eigenvalue weighted by Gasteiger charge is 2.18. The summed E-state index contributed by atoms with van der Waals surface area (Å²) >= 11 is 5.53. The molecule has 0 amide bonds. The Kier molecular flexibility index (Phi) is 6.21. The molecule has 0 N–H and O–H groups in total. The van der Waals surface area contributed by atoms with E-state index in [-0.39, 0.29) is 5.56 Å². The number of benzene rings is 3. The van der Waals surface area contributed by atoms with Crippen LogP contribution in [0.1, 0.15) is 60.4 Å². The molecule has 4 rings (SSSR count). The van der Waals surface area contributed by atoms with E-state index >= 15 is 0 Å². The van der Waals surface area contributed by atoms with Crippen molar-refractivity contribution in [1.82, 2.24) is 0 Å². The van der Waals surface area contributed by atoms with Crippen molar-refractivity contribution in [2.24, 2.45) is 0 Å². The second-order valence-electron chi connectivity index (χ2n) is 7.85.